The van der Waals surface area contributed by atoms with Crippen LogP contribution in [-0.4, -0.2) is 29.3 Å². The number of nitrogens with zero attached hydrogens (tertiary/aromatic N) is 1. The molecule has 0 aliphatic carbocycles. The number of anilines is 1. The molecule has 0 aromatic heterocycles. The van der Waals surface area contributed by atoms with Crippen LogP contribution in [0.2, 0.25) is 0 Å². The number of benzene rings is 2. The second kappa shape index (κ2) is 7.14. The number of urea groups is 1. The van der Waals surface area contributed by atoms with Crippen molar-refractivity contribution in [3.63, 3.8) is 0 Å². The van der Waals surface area contributed by atoms with E-state index in [1.165, 1.54) is 42.5 Å². The Balaban J connectivity index is 1.78. The van der Waals surface area contributed by atoms with Crippen molar-refractivity contribution in [1.29, 1.82) is 0 Å². The first-order chi connectivity index (χ1) is 12.9. The van der Waals surface area contributed by atoms with Crippen molar-refractivity contribution < 1.29 is 23.2 Å². The number of imide groups is 1. The molecule has 4 amide bonds. The normalized spacial score (nSPS) is 19.1. The molecule has 1 fully saturated rings. The summed E-state index contributed by atoms with van der Waals surface area (Å²) in [6, 6.07) is 9.79. The molecule has 1 saturated heterocycles. The van der Waals surface area contributed by atoms with E-state index in [0.29, 0.717) is 5.56 Å². The topological polar surface area (TPSA) is 78.5 Å². The average Bonchev–Trinajstić information content (AvgIpc) is 2.87. The monoisotopic (exact) mass is 373 g/mol. The Morgan fingerprint density at radius 2 is 1.81 bits per heavy atom. The number of hydrogen-bond donors (Lipinski definition) is 2. The minimum atomic E-state index is -1.36. The summed E-state index contributed by atoms with van der Waals surface area (Å²) >= 11 is 0. The summed E-state index contributed by atoms with van der Waals surface area (Å²) in [6.45, 7) is 1.18. The maximum atomic E-state index is 13.2. The third kappa shape index (κ3) is 3.51. The van der Waals surface area contributed by atoms with E-state index in [2.05, 4.69) is 10.6 Å². The predicted octanol–water partition coefficient (Wildman–Crippen LogP) is 2.76. The van der Waals surface area contributed by atoms with Gasteiger partial charge < -0.3 is 10.6 Å². The summed E-state index contributed by atoms with van der Waals surface area (Å²) in [4.78, 5) is 38.2. The fourth-order valence-corrected chi connectivity index (χ4v) is 3.05. The minimum absolute atomic E-state index is 0.215. The van der Waals surface area contributed by atoms with Gasteiger partial charge in [0.25, 0.3) is 5.91 Å². The van der Waals surface area contributed by atoms with Crippen LogP contribution in [0.5, 0.6) is 0 Å². The van der Waals surface area contributed by atoms with Crippen LogP contribution in [0.4, 0.5) is 19.3 Å². The van der Waals surface area contributed by atoms with Gasteiger partial charge in [-0.15, -0.1) is 0 Å². The highest BCUT2D eigenvalue weighted by molar-refractivity contribution is 6.10. The first-order valence-corrected chi connectivity index (χ1v) is 8.31. The molecular formula is C19H17F2N3O3. The minimum Gasteiger partial charge on any atom is -0.324 e. The Kier molecular flexibility index (Phi) is 4.89. The lowest BCUT2D eigenvalue weighted by atomic mass is 9.87. The van der Waals surface area contributed by atoms with Crippen LogP contribution < -0.4 is 10.6 Å². The fourth-order valence-electron chi connectivity index (χ4n) is 3.05. The van der Waals surface area contributed by atoms with Gasteiger partial charge in [-0.1, -0.05) is 25.1 Å². The first kappa shape index (κ1) is 18.5. The van der Waals surface area contributed by atoms with Crippen LogP contribution in [0.3, 0.4) is 0 Å². The lowest BCUT2D eigenvalue weighted by Crippen LogP contribution is -2.44. The molecule has 1 aliphatic heterocycles. The molecule has 0 saturated carbocycles. The van der Waals surface area contributed by atoms with Crippen LogP contribution in [0.25, 0.3) is 0 Å². The van der Waals surface area contributed by atoms with Gasteiger partial charge in [0.1, 0.15) is 23.7 Å². The average molecular weight is 373 g/mol. The van der Waals surface area contributed by atoms with Crippen LogP contribution in [0.15, 0.2) is 48.5 Å². The van der Waals surface area contributed by atoms with Gasteiger partial charge in [-0.3, -0.25) is 14.5 Å². The molecule has 1 atom stereocenters. The third-order valence-electron chi connectivity index (χ3n) is 4.45. The molecule has 2 N–H and O–H groups in total. The molecule has 6 nitrogen and oxygen atoms in total. The molecule has 0 radical (unpaired) electrons. The predicted molar refractivity (Wildman–Crippen MR) is 93.6 cm³/mol. The van der Waals surface area contributed by atoms with Gasteiger partial charge in [-0.05, 0) is 42.3 Å². The Morgan fingerprint density at radius 3 is 2.44 bits per heavy atom. The molecule has 0 bridgehead atoms. The van der Waals surface area contributed by atoms with E-state index >= 15 is 0 Å². The van der Waals surface area contributed by atoms with Crippen molar-refractivity contribution in [2.45, 2.75) is 18.9 Å². The van der Waals surface area contributed by atoms with E-state index in [-0.39, 0.29) is 12.1 Å². The largest absolute Gasteiger partial charge is 0.325 e. The van der Waals surface area contributed by atoms with Gasteiger partial charge in [0.05, 0.1) is 0 Å². The number of hydrogen-bond acceptors (Lipinski definition) is 3. The van der Waals surface area contributed by atoms with Crippen molar-refractivity contribution in [1.82, 2.24) is 10.2 Å². The molecule has 0 spiro atoms. The molecule has 140 valence electrons. The first-order valence-electron chi connectivity index (χ1n) is 8.31. The molecule has 1 heterocycles. The van der Waals surface area contributed by atoms with E-state index in [1.807, 2.05) is 0 Å². The van der Waals surface area contributed by atoms with Crippen molar-refractivity contribution in [2.24, 2.45) is 0 Å². The molecule has 1 aliphatic rings. The summed E-state index contributed by atoms with van der Waals surface area (Å²) in [5.74, 6) is -2.23. The van der Waals surface area contributed by atoms with Gasteiger partial charge in [-0.2, -0.15) is 0 Å². The lowest BCUT2D eigenvalue weighted by Gasteiger charge is -2.25. The van der Waals surface area contributed by atoms with Crippen molar-refractivity contribution in [3.05, 3.63) is 65.7 Å². The molecular weight excluding hydrogens is 356 g/mol. The zero-order valence-electron chi connectivity index (χ0n) is 14.5. The third-order valence-corrected chi connectivity index (χ3v) is 4.45. The smallest absolute Gasteiger partial charge is 0.324 e. The summed E-state index contributed by atoms with van der Waals surface area (Å²) in [6.07, 6.45) is 0.227. The highest BCUT2D eigenvalue weighted by Crippen LogP contribution is 2.32. The van der Waals surface area contributed by atoms with Gasteiger partial charge >= 0.3 is 6.03 Å². The van der Waals surface area contributed by atoms with E-state index < -0.39 is 41.6 Å². The fraction of sp³-hybridized carbons (Fsp3) is 0.211. The second-order valence-corrected chi connectivity index (χ2v) is 6.15. The van der Waals surface area contributed by atoms with Crippen molar-refractivity contribution in [3.8, 4) is 0 Å². The highest BCUT2D eigenvalue weighted by atomic mass is 19.1. The highest BCUT2D eigenvalue weighted by Gasteiger charge is 2.51. The zero-order valence-corrected chi connectivity index (χ0v) is 14.5. The number of nitrogens with one attached hydrogen (secondary N) is 2. The Hall–Kier alpha value is -3.29. The number of amides is 4. The summed E-state index contributed by atoms with van der Waals surface area (Å²) < 4.78 is 26.4. The maximum absolute atomic E-state index is 13.2. The second-order valence-electron chi connectivity index (χ2n) is 6.15. The lowest BCUT2D eigenvalue weighted by molar-refractivity contribution is -0.134. The SMILES string of the molecule is CC[C@]1(c2ccc(F)cc2)NC(=O)N(CC(=O)Nc2cccc(F)c2)C1=O. The number of carbonyl (C=O) groups is 3. The number of rotatable bonds is 5. The van der Waals surface area contributed by atoms with Crippen LogP contribution >= 0.6 is 0 Å². The molecule has 2 aromatic carbocycles. The van der Waals surface area contributed by atoms with Crippen molar-refractivity contribution >= 4 is 23.5 Å². The summed E-state index contributed by atoms with van der Waals surface area (Å²) in [7, 11) is 0. The Morgan fingerprint density at radius 1 is 1.11 bits per heavy atom. The summed E-state index contributed by atoms with van der Waals surface area (Å²) in [5.41, 5.74) is -0.714. The standard InChI is InChI=1S/C19H17F2N3O3/c1-2-19(12-6-8-13(20)9-7-12)17(26)24(18(27)23-19)11-16(25)22-15-5-3-4-14(21)10-15/h3-10H,2,11H2,1H3,(H,22,25)(H,23,27)/t19-/m1/s1. The molecule has 3 rings (SSSR count). The van der Waals surface area contributed by atoms with Gasteiger partial charge in [0.2, 0.25) is 5.91 Å². The van der Waals surface area contributed by atoms with E-state index in [4.69, 9.17) is 0 Å². The molecule has 8 heteroatoms. The summed E-state index contributed by atoms with van der Waals surface area (Å²) in [5, 5.41) is 5.05. The van der Waals surface area contributed by atoms with E-state index in [1.54, 1.807) is 6.92 Å². The quantitative estimate of drug-likeness (QED) is 0.791. The Labute approximate surface area is 154 Å². The van der Waals surface area contributed by atoms with E-state index in [0.717, 1.165) is 11.0 Å². The molecule has 0 unspecified atom stereocenters. The van der Waals surface area contributed by atoms with Crippen LogP contribution in [0.1, 0.15) is 18.9 Å². The van der Waals surface area contributed by atoms with Crippen molar-refractivity contribution in [2.75, 3.05) is 11.9 Å². The van der Waals surface area contributed by atoms with Gasteiger partial charge in [0.15, 0.2) is 0 Å². The van der Waals surface area contributed by atoms with Crippen LogP contribution in [0, 0.1) is 11.6 Å². The molecule has 2 aromatic rings. The van der Waals surface area contributed by atoms with E-state index in [9.17, 15) is 23.2 Å². The van der Waals surface area contributed by atoms with Gasteiger partial charge in [-0.25, -0.2) is 13.6 Å². The van der Waals surface area contributed by atoms with Crippen LogP contribution in [-0.2, 0) is 15.1 Å². The Bertz CT molecular complexity index is 901. The number of carbonyl (C=O) groups excluding carboxylic acids is 3. The number of halogens is 2. The molecule has 27 heavy (non-hydrogen) atoms. The zero-order chi connectivity index (χ0) is 19.6. The van der Waals surface area contributed by atoms with Gasteiger partial charge in [0, 0.05) is 5.69 Å². The maximum Gasteiger partial charge on any atom is 0.325 e.